The summed E-state index contributed by atoms with van der Waals surface area (Å²) in [5.41, 5.74) is 2.17. The Hall–Kier alpha value is -2.32. The van der Waals surface area contributed by atoms with Crippen molar-refractivity contribution in [1.29, 1.82) is 0 Å². The molecule has 140 valence electrons. The van der Waals surface area contributed by atoms with Crippen molar-refractivity contribution in [2.24, 2.45) is 0 Å². The van der Waals surface area contributed by atoms with Crippen LogP contribution in [0.2, 0.25) is 0 Å². The molecule has 0 aliphatic rings. The summed E-state index contributed by atoms with van der Waals surface area (Å²) in [5.74, 6) is -2.80. The lowest BCUT2D eigenvalue weighted by molar-refractivity contribution is -0.116. The van der Waals surface area contributed by atoms with Crippen LogP contribution in [0.15, 0.2) is 35.2 Å². The molecule has 8 heteroatoms. The zero-order valence-electron chi connectivity index (χ0n) is 14.9. The Labute approximate surface area is 151 Å². The van der Waals surface area contributed by atoms with Crippen molar-refractivity contribution in [3.05, 3.63) is 58.7 Å². The molecular formula is C18H20F2N2O3S. The van der Waals surface area contributed by atoms with E-state index in [0.717, 1.165) is 22.0 Å². The fourth-order valence-corrected chi connectivity index (χ4v) is 4.32. The number of anilines is 1. The van der Waals surface area contributed by atoms with Gasteiger partial charge in [0.2, 0.25) is 15.9 Å². The van der Waals surface area contributed by atoms with Crippen molar-refractivity contribution in [3.63, 3.8) is 0 Å². The fourth-order valence-electron chi connectivity index (χ4n) is 2.79. The Bertz CT molecular complexity index is 936. The second-order valence-corrected chi connectivity index (χ2v) is 8.15. The molecule has 5 nitrogen and oxygen atoms in total. The first kappa shape index (κ1) is 20.0. The van der Waals surface area contributed by atoms with E-state index in [4.69, 9.17) is 0 Å². The van der Waals surface area contributed by atoms with Crippen LogP contribution in [-0.2, 0) is 14.8 Å². The van der Waals surface area contributed by atoms with Crippen LogP contribution in [0.25, 0.3) is 0 Å². The van der Waals surface area contributed by atoms with Crippen molar-refractivity contribution in [2.75, 3.05) is 18.9 Å². The van der Waals surface area contributed by atoms with Crippen LogP contribution in [0.3, 0.4) is 0 Å². The number of likely N-dealkylation sites (N-methyl/N-ethyl adjacent to an activating group) is 1. The van der Waals surface area contributed by atoms with Crippen LogP contribution in [0.4, 0.5) is 14.5 Å². The number of nitrogens with zero attached hydrogens (tertiary/aromatic N) is 1. The van der Waals surface area contributed by atoms with Crippen molar-refractivity contribution in [2.45, 2.75) is 25.7 Å². The number of halogens is 2. The molecule has 0 bridgehead atoms. The summed E-state index contributed by atoms with van der Waals surface area (Å²) < 4.78 is 52.7. The number of aryl methyl sites for hydroxylation is 3. The summed E-state index contributed by atoms with van der Waals surface area (Å²) in [6.45, 7) is 4.80. The lowest BCUT2D eigenvalue weighted by atomic mass is 10.1. The predicted octanol–water partition coefficient (Wildman–Crippen LogP) is 3.15. The Morgan fingerprint density at radius 2 is 1.62 bits per heavy atom. The highest BCUT2D eigenvalue weighted by Crippen LogP contribution is 2.24. The van der Waals surface area contributed by atoms with Crippen molar-refractivity contribution in [3.8, 4) is 0 Å². The monoisotopic (exact) mass is 382 g/mol. The molecule has 0 atom stereocenters. The van der Waals surface area contributed by atoms with Gasteiger partial charge in [-0.15, -0.1) is 0 Å². The molecule has 26 heavy (non-hydrogen) atoms. The molecule has 2 aromatic carbocycles. The smallest absolute Gasteiger partial charge is 0.243 e. The van der Waals surface area contributed by atoms with Gasteiger partial charge >= 0.3 is 0 Å². The molecule has 0 heterocycles. The van der Waals surface area contributed by atoms with Crippen LogP contribution in [0, 0.1) is 32.4 Å². The zero-order valence-corrected chi connectivity index (χ0v) is 15.7. The number of rotatable bonds is 5. The fraction of sp³-hybridized carbons (Fsp3) is 0.278. The predicted molar refractivity (Wildman–Crippen MR) is 95.5 cm³/mol. The number of carbonyl (C=O) groups excluding carboxylic acids is 1. The van der Waals surface area contributed by atoms with Gasteiger partial charge in [-0.3, -0.25) is 4.79 Å². The highest BCUT2D eigenvalue weighted by atomic mass is 32.2. The highest BCUT2D eigenvalue weighted by molar-refractivity contribution is 7.89. The third-order valence-electron chi connectivity index (χ3n) is 3.84. The third kappa shape index (κ3) is 4.25. The van der Waals surface area contributed by atoms with Crippen LogP contribution >= 0.6 is 0 Å². The van der Waals surface area contributed by atoms with E-state index in [0.29, 0.717) is 11.1 Å². The summed E-state index contributed by atoms with van der Waals surface area (Å²) in [5, 5.41) is 2.35. The van der Waals surface area contributed by atoms with Crippen LogP contribution in [-0.4, -0.2) is 32.2 Å². The molecule has 0 saturated carbocycles. The standard InChI is InChI=1S/C18H20F2N2O3S/c1-11-7-12(2)18(13(3)8-11)26(24,25)22(4)10-17(23)21-14-5-6-15(19)16(20)9-14/h5-9H,10H2,1-4H3,(H,21,23). The zero-order chi connectivity index (χ0) is 19.6. The van der Waals surface area contributed by atoms with Gasteiger partial charge in [0.1, 0.15) is 0 Å². The van der Waals surface area contributed by atoms with E-state index in [9.17, 15) is 22.0 Å². The largest absolute Gasteiger partial charge is 0.325 e. The molecule has 0 saturated heterocycles. The first-order chi connectivity index (χ1) is 12.0. The lowest BCUT2D eigenvalue weighted by Gasteiger charge is -2.20. The number of benzene rings is 2. The van der Waals surface area contributed by atoms with E-state index >= 15 is 0 Å². The number of amides is 1. The number of hydrogen-bond acceptors (Lipinski definition) is 3. The molecular weight excluding hydrogens is 362 g/mol. The average Bonchev–Trinajstić information content (AvgIpc) is 2.49. The van der Waals surface area contributed by atoms with E-state index in [1.54, 1.807) is 26.0 Å². The number of carbonyl (C=O) groups is 1. The Kier molecular flexibility index (Phi) is 5.77. The molecule has 0 unspecified atom stereocenters. The minimum Gasteiger partial charge on any atom is -0.325 e. The van der Waals surface area contributed by atoms with E-state index in [2.05, 4.69) is 5.32 Å². The van der Waals surface area contributed by atoms with Gasteiger partial charge in [0.25, 0.3) is 0 Å². The van der Waals surface area contributed by atoms with Crippen molar-refractivity contribution in [1.82, 2.24) is 4.31 Å². The summed E-state index contributed by atoms with van der Waals surface area (Å²) in [4.78, 5) is 12.2. The first-order valence-corrected chi connectivity index (χ1v) is 9.25. The maximum atomic E-state index is 13.2. The summed E-state index contributed by atoms with van der Waals surface area (Å²) in [6, 6.07) is 6.42. The van der Waals surface area contributed by atoms with Gasteiger partial charge < -0.3 is 5.32 Å². The van der Waals surface area contributed by atoms with Crippen molar-refractivity contribution >= 4 is 21.6 Å². The molecule has 0 aliphatic heterocycles. The van der Waals surface area contributed by atoms with Gasteiger partial charge in [-0.25, -0.2) is 17.2 Å². The van der Waals surface area contributed by atoms with Gasteiger partial charge in [0.05, 0.1) is 11.4 Å². The molecule has 2 aromatic rings. The SMILES string of the molecule is Cc1cc(C)c(S(=O)(=O)N(C)CC(=O)Nc2ccc(F)c(F)c2)c(C)c1. The quantitative estimate of drug-likeness (QED) is 0.864. The van der Waals surface area contributed by atoms with Crippen LogP contribution < -0.4 is 5.32 Å². The lowest BCUT2D eigenvalue weighted by Crippen LogP contribution is -2.35. The van der Waals surface area contributed by atoms with Crippen LogP contribution in [0.5, 0.6) is 0 Å². The second-order valence-electron chi connectivity index (χ2n) is 6.17. The Morgan fingerprint density at radius 3 is 2.15 bits per heavy atom. The van der Waals surface area contributed by atoms with Gasteiger partial charge in [-0.2, -0.15) is 4.31 Å². The average molecular weight is 382 g/mol. The third-order valence-corrected chi connectivity index (χ3v) is 5.95. The minimum absolute atomic E-state index is 0.0439. The molecule has 0 fully saturated rings. The van der Waals surface area contributed by atoms with Gasteiger partial charge in [0, 0.05) is 18.8 Å². The second kappa shape index (κ2) is 7.51. The molecule has 0 aliphatic carbocycles. The van der Waals surface area contributed by atoms with Gasteiger partial charge in [0.15, 0.2) is 11.6 Å². The maximum absolute atomic E-state index is 13.2. The summed E-state index contributed by atoms with van der Waals surface area (Å²) in [7, 11) is -2.59. The Balaban J connectivity index is 2.19. The molecule has 1 N–H and O–H groups in total. The summed E-state index contributed by atoms with van der Waals surface area (Å²) in [6.07, 6.45) is 0. The number of sulfonamides is 1. The number of hydrogen-bond donors (Lipinski definition) is 1. The van der Waals surface area contributed by atoms with Gasteiger partial charge in [-0.1, -0.05) is 17.7 Å². The number of nitrogens with one attached hydrogen (secondary N) is 1. The first-order valence-electron chi connectivity index (χ1n) is 7.81. The molecule has 0 radical (unpaired) electrons. The van der Waals surface area contributed by atoms with Crippen molar-refractivity contribution < 1.29 is 22.0 Å². The minimum atomic E-state index is -3.88. The maximum Gasteiger partial charge on any atom is 0.243 e. The highest BCUT2D eigenvalue weighted by Gasteiger charge is 2.26. The van der Waals surface area contributed by atoms with Gasteiger partial charge in [-0.05, 0) is 44.0 Å². The van der Waals surface area contributed by atoms with E-state index in [1.807, 2.05) is 6.92 Å². The van der Waals surface area contributed by atoms with E-state index < -0.39 is 34.1 Å². The van der Waals surface area contributed by atoms with E-state index in [1.165, 1.54) is 13.1 Å². The Morgan fingerprint density at radius 1 is 1.04 bits per heavy atom. The molecule has 0 spiro atoms. The van der Waals surface area contributed by atoms with E-state index in [-0.39, 0.29) is 10.6 Å². The molecule has 1 amide bonds. The molecule has 0 aromatic heterocycles. The molecule has 2 rings (SSSR count). The topological polar surface area (TPSA) is 66.5 Å². The van der Waals surface area contributed by atoms with Crippen LogP contribution in [0.1, 0.15) is 16.7 Å². The summed E-state index contributed by atoms with van der Waals surface area (Å²) >= 11 is 0. The normalized spacial score (nSPS) is 11.7.